The van der Waals surface area contributed by atoms with Crippen LogP contribution in [0.25, 0.3) is 78.7 Å². The Kier molecular flexibility index (Phi) is 7.29. The second kappa shape index (κ2) is 12.4. The molecule has 7 nitrogen and oxygen atoms in total. The fourth-order valence-electron chi connectivity index (χ4n) is 7.01. The van der Waals surface area contributed by atoms with Crippen molar-refractivity contribution in [2.45, 2.75) is 0 Å². The van der Waals surface area contributed by atoms with Crippen LogP contribution >= 0.6 is 0 Å². The molecule has 0 radical (unpaired) electrons. The molecular formula is C44H29N5O2. The van der Waals surface area contributed by atoms with E-state index < -0.39 is 0 Å². The SMILES string of the molecule is O=[N+]([O-])c1ccc(-c2c3nc(c(-c4ccccc4)c4ccc([nH]4)c(-c4ccccc4)c4cc(c(-c5ccccc5)c5ccc2[nH]5)N=C4)C=C3)cc1. The number of aromatic amines is 2. The van der Waals surface area contributed by atoms with Crippen molar-refractivity contribution in [3.05, 3.63) is 173 Å². The van der Waals surface area contributed by atoms with Gasteiger partial charge in [0.1, 0.15) is 0 Å². The topological polar surface area (TPSA) is 100.0 Å². The summed E-state index contributed by atoms with van der Waals surface area (Å²) in [5.41, 5.74) is 14.7. The van der Waals surface area contributed by atoms with E-state index in [1.807, 2.05) is 66.9 Å². The largest absolute Gasteiger partial charge is 0.354 e. The molecule has 2 N–H and O–H groups in total. The van der Waals surface area contributed by atoms with Gasteiger partial charge in [-0.2, -0.15) is 0 Å². The van der Waals surface area contributed by atoms with E-state index in [4.69, 9.17) is 9.98 Å². The number of H-pyrrole nitrogens is 2. The average Bonchev–Trinajstić information content (AvgIpc) is 4.01. The molecule has 7 aromatic rings. The molecule has 0 aliphatic carbocycles. The van der Waals surface area contributed by atoms with Crippen LogP contribution in [-0.4, -0.2) is 26.1 Å². The molecule has 2 aliphatic rings. The number of nitro groups is 1. The second-order valence-corrected chi connectivity index (χ2v) is 12.4. The van der Waals surface area contributed by atoms with Crippen LogP contribution in [0.2, 0.25) is 0 Å². The predicted molar refractivity (Wildman–Crippen MR) is 208 cm³/mol. The molecule has 4 aromatic carbocycles. The number of nitrogens with zero attached hydrogens (tertiary/aromatic N) is 3. The average molecular weight is 660 g/mol. The summed E-state index contributed by atoms with van der Waals surface area (Å²) in [6.07, 6.45) is 6.01. The van der Waals surface area contributed by atoms with Gasteiger partial charge in [-0.1, -0.05) is 91.0 Å². The molecule has 0 saturated heterocycles. The van der Waals surface area contributed by atoms with E-state index >= 15 is 0 Å². The molecule has 8 bridgehead atoms. The Bertz CT molecular complexity index is 2650. The van der Waals surface area contributed by atoms with E-state index in [1.165, 1.54) is 12.1 Å². The first-order valence-corrected chi connectivity index (χ1v) is 16.7. The summed E-state index contributed by atoms with van der Waals surface area (Å²) < 4.78 is 0. The third-order valence-electron chi connectivity index (χ3n) is 9.34. The first-order chi connectivity index (χ1) is 25.1. The lowest BCUT2D eigenvalue weighted by Crippen LogP contribution is -1.90. The van der Waals surface area contributed by atoms with Gasteiger partial charge in [-0.05, 0) is 76.9 Å². The summed E-state index contributed by atoms with van der Waals surface area (Å²) in [4.78, 5) is 29.0. The summed E-state index contributed by atoms with van der Waals surface area (Å²) in [6, 6.07) is 48.1. The lowest BCUT2D eigenvalue weighted by atomic mass is 10.0. The highest BCUT2D eigenvalue weighted by Crippen LogP contribution is 2.40. The van der Waals surface area contributed by atoms with Crippen molar-refractivity contribution in [1.82, 2.24) is 15.0 Å². The molecule has 9 rings (SSSR count). The monoisotopic (exact) mass is 659 g/mol. The van der Waals surface area contributed by atoms with Gasteiger partial charge in [0.15, 0.2) is 0 Å². The lowest BCUT2D eigenvalue weighted by Gasteiger charge is -2.06. The molecule has 0 saturated carbocycles. The van der Waals surface area contributed by atoms with Gasteiger partial charge in [0.25, 0.3) is 5.69 Å². The van der Waals surface area contributed by atoms with E-state index in [2.05, 4.69) is 82.8 Å². The van der Waals surface area contributed by atoms with Crippen molar-refractivity contribution < 1.29 is 4.92 Å². The molecule has 242 valence electrons. The highest BCUT2D eigenvalue weighted by atomic mass is 16.6. The van der Waals surface area contributed by atoms with Crippen molar-refractivity contribution in [1.29, 1.82) is 0 Å². The number of aromatic nitrogens is 3. The number of benzene rings is 4. The quantitative estimate of drug-likeness (QED) is 0.142. The Labute approximate surface area is 293 Å². The lowest BCUT2D eigenvalue weighted by molar-refractivity contribution is -0.384. The third-order valence-corrected chi connectivity index (χ3v) is 9.34. The minimum atomic E-state index is -0.381. The minimum absolute atomic E-state index is 0.0302. The summed E-state index contributed by atoms with van der Waals surface area (Å²) in [7, 11) is 0. The summed E-state index contributed by atoms with van der Waals surface area (Å²) >= 11 is 0. The number of fused-ring (bicyclic) bond motifs is 8. The van der Waals surface area contributed by atoms with Crippen molar-refractivity contribution >= 4 is 51.8 Å². The molecular weight excluding hydrogens is 631 g/mol. The number of hydrogen-bond donors (Lipinski definition) is 2. The Morgan fingerprint density at radius 1 is 0.490 bits per heavy atom. The highest BCUT2D eigenvalue weighted by Gasteiger charge is 2.19. The van der Waals surface area contributed by atoms with Gasteiger partial charge >= 0.3 is 0 Å². The van der Waals surface area contributed by atoms with Crippen molar-refractivity contribution in [2.24, 2.45) is 4.99 Å². The van der Waals surface area contributed by atoms with Crippen molar-refractivity contribution in [3.63, 3.8) is 0 Å². The standard InChI is InChI=1S/C44H29N5O2/c50-49(51)33-18-16-31(17-19-33)43-37-23-22-36(47-37)42(29-12-6-2-7-13-29)35-21-20-34(46-35)41(28-10-4-1-5-11-28)32-26-40(45-27-32)44(30-14-8-3-9-15-30)39-25-24-38(43)48-39/h1-27,46,48H. The number of hydrogen-bond acceptors (Lipinski definition) is 4. The molecule has 7 heteroatoms. The fourth-order valence-corrected chi connectivity index (χ4v) is 7.01. The predicted octanol–water partition coefficient (Wildman–Crippen LogP) is 11.4. The molecule has 0 spiro atoms. The Hall–Kier alpha value is -7.12. The van der Waals surface area contributed by atoms with E-state index in [9.17, 15) is 10.1 Å². The molecule has 0 fully saturated rings. The summed E-state index contributed by atoms with van der Waals surface area (Å²) in [6.45, 7) is 0. The van der Waals surface area contributed by atoms with Gasteiger partial charge in [0.05, 0.1) is 22.0 Å². The minimum Gasteiger partial charge on any atom is -0.354 e. The van der Waals surface area contributed by atoms with E-state index in [1.54, 1.807) is 12.1 Å². The zero-order chi connectivity index (χ0) is 34.3. The van der Waals surface area contributed by atoms with Crippen LogP contribution in [0.4, 0.5) is 11.4 Å². The van der Waals surface area contributed by atoms with Crippen LogP contribution < -0.4 is 0 Å². The summed E-state index contributed by atoms with van der Waals surface area (Å²) in [5.74, 6) is 0. The maximum absolute atomic E-state index is 11.6. The normalized spacial score (nSPS) is 11.9. The number of aliphatic imine (C=N–C) groups is 1. The first kappa shape index (κ1) is 30.0. The zero-order valence-electron chi connectivity index (χ0n) is 27.2. The van der Waals surface area contributed by atoms with Gasteiger partial charge in [0, 0.05) is 68.2 Å². The van der Waals surface area contributed by atoms with Crippen LogP contribution in [0.3, 0.4) is 0 Å². The van der Waals surface area contributed by atoms with Gasteiger partial charge < -0.3 is 9.97 Å². The molecule has 0 amide bonds. The highest BCUT2D eigenvalue weighted by molar-refractivity contribution is 6.05. The fraction of sp³-hybridized carbons (Fsp3) is 0. The van der Waals surface area contributed by atoms with Gasteiger partial charge in [-0.3, -0.25) is 15.1 Å². The van der Waals surface area contributed by atoms with Crippen molar-refractivity contribution in [2.75, 3.05) is 0 Å². The van der Waals surface area contributed by atoms with E-state index in [-0.39, 0.29) is 10.6 Å². The van der Waals surface area contributed by atoms with Crippen LogP contribution in [0.15, 0.2) is 151 Å². The van der Waals surface area contributed by atoms with E-state index in [0.29, 0.717) is 0 Å². The molecule has 2 aliphatic heterocycles. The molecule has 51 heavy (non-hydrogen) atoms. The van der Waals surface area contributed by atoms with Crippen LogP contribution in [-0.2, 0) is 0 Å². The van der Waals surface area contributed by atoms with Crippen LogP contribution in [0.5, 0.6) is 0 Å². The van der Waals surface area contributed by atoms with E-state index in [0.717, 1.165) is 89.2 Å². The maximum atomic E-state index is 11.6. The summed E-state index contributed by atoms with van der Waals surface area (Å²) in [5, 5.41) is 11.6. The Morgan fingerprint density at radius 2 is 0.922 bits per heavy atom. The molecule has 3 aromatic heterocycles. The first-order valence-electron chi connectivity index (χ1n) is 16.7. The van der Waals surface area contributed by atoms with Crippen LogP contribution in [0, 0.1) is 10.1 Å². The second-order valence-electron chi connectivity index (χ2n) is 12.4. The molecule has 0 atom stereocenters. The van der Waals surface area contributed by atoms with Gasteiger partial charge in [-0.15, -0.1) is 0 Å². The van der Waals surface area contributed by atoms with Crippen LogP contribution in [0.1, 0.15) is 17.0 Å². The Balaban J connectivity index is 1.46. The number of nitrogens with one attached hydrogen (secondary N) is 2. The molecule has 0 unspecified atom stereocenters. The number of non-ortho nitro benzene ring substituents is 1. The number of rotatable bonds is 5. The number of nitro benzene ring substituents is 1. The van der Waals surface area contributed by atoms with Crippen molar-refractivity contribution in [3.8, 4) is 44.5 Å². The Morgan fingerprint density at radius 3 is 1.43 bits per heavy atom. The third kappa shape index (κ3) is 5.43. The zero-order valence-corrected chi connectivity index (χ0v) is 27.2. The van der Waals surface area contributed by atoms with Gasteiger partial charge in [0.2, 0.25) is 0 Å². The maximum Gasteiger partial charge on any atom is 0.269 e. The molecule has 5 heterocycles. The van der Waals surface area contributed by atoms with Gasteiger partial charge in [-0.25, -0.2) is 4.98 Å². The smallest absolute Gasteiger partial charge is 0.269 e.